The van der Waals surface area contributed by atoms with Gasteiger partial charge in [-0.2, -0.15) is 0 Å². The number of hydrogen-bond acceptors (Lipinski definition) is 3. The lowest BCUT2D eigenvalue weighted by molar-refractivity contribution is 0.598. The molecule has 0 saturated carbocycles. The van der Waals surface area contributed by atoms with Gasteiger partial charge in [0.05, 0.1) is 18.0 Å². The van der Waals surface area contributed by atoms with Gasteiger partial charge in [0.1, 0.15) is 0 Å². The molecule has 1 aromatic rings. The molecule has 1 saturated heterocycles. The molecule has 0 aliphatic carbocycles. The summed E-state index contributed by atoms with van der Waals surface area (Å²) in [6.45, 7) is 4.66. The third kappa shape index (κ3) is 2.91. The second kappa shape index (κ2) is 5.24. The van der Waals surface area contributed by atoms with Crippen LogP contribution in [0.25, 0.3) is 0 Å². The molecule has 2 rings (SSSR count). The van der Waals surface area contributed by atoms with Crippen LogP contribution in [-0.2, 0) is 10.0 Å². The first-order valence-electron chi connectivity index (χ1n) is 6.24. The molecular formula is C14H18N2O2S. The molecule has 1 aliphatic heterocycles. The molecule has 1 atom stereocenters. The first kappa shape index (κ1) is 13.9. The summed E-state index contributed by atoms with van der Waals surface area (Å²) in [7, 11) is -3.22. The highest BCUT2D eigenvalue weighted by molar-refractivity contribution is 7.93. The summed E-state index contributed by atoms with van der Waals surface area (Å²) >= 11 is 0. The van der Waals surface area contributed by atoms with E-state index in [1.165, 1.54) is 4.31 Å². The number of anilines is 1. The van der Waals surface area contributed by atoms with E-state index in [-0.39, 0.29) is 18.2 Å². The average Bonchev–Trinajstić information content (AvgIpc) is 2.60. The van der Waals surface area contributed by atoms with Crippen LogP contribution in [0.15, 0.2) is 18.2 Å². The molecule has 102 valence electrons. The van der Waals surface area contributed by atoms with Gasteiger partial charge in [-0.05, 0) is 30.5 Å². The fourth-order valence-corrected chi connectivity index (χ4v) is 4.18. The first-order valence-corrected chi connectivity index (χ1v) is 7.85. The summed E-state index contributed by atoms with van der Waals surface area (Å²) in [5.74, 6) is 6.07. The van der Waals surface area contributed by atoms with Crippen molar-refractivity contribution in [2.45, 2.75) is 13.8 Å². The quantitative estimate of drug-likeness (QED) is 0.782. The zero-order valence-electron chi connectivity index (χ0n) is 11.2. The Kier molecular flexibility index (Phi) is 3.83. The predicted octanol–water partition coefficient (Wildman–Crippen LogP) is 1.09. The molecule has 0 bridgehead atoms. The summed E-state index contributed by atoms with van der Waals surface area (Å²) in [5, 5.41) is 0. The van der Waals surface area contributed by atoms with E-state index in [4.69, 9.17) is 5.73 Å². The Hall–Kier alpha value is -1.51. The van der Waals surface area contributed by atoms with Crippen LogP contribution in [0.4, 0.5) is 5.69 Å². The lowest BCUT2D eigenvalue weighted by atomic mass is 10.1. The van der Waals surface area contributed by atoms with Crippen LogP contribution < -0.4 is 10.0 Å². The van der Waals surface area contributed by atoms with Crippen LogP contribution in [0.1, 0.15) is 18.1 Å². The highest BCUT2D eigenvalue weighted by Gasteiger charge is 2.34. The van der Waals surface area contributed by atoms with Crippen LogP contribution in [-0.4, -0.2) is 27.3 Å². The molecule has 19 heavy (non-hydrogen) atoms. The molecule has 0 aromatic heterocycles. The molecule has 5 heteroatoms. The maximum atomic E-state index is 12.2. The van der Waals surface area contributed by atoms with Gasteiger partial charge in [-0.1, -0.05) is 24.8 Å². The lowest BCUT2D eigenvalue weighted by Gasteiger charge is -2.19. The SMILES string of the molecule is Cc1ccc(C#CCN)c(N2CC(C)CS2(=O)=O)c1. The van der Waals surface area contributed by atoms with Gasteiger partial charge >= 0.3 is 0 Å². The van der Waals surface area contributed by atoms with E-state index in [0.29, 0.717) is 17.8 Å². The van der Waals surface area contributed by atoms with Crippen molar-refractivity contribution >= 4 is 15.7 Å². The normalized spacial score (nSPS) is 21.0. The van der Waals surface area contributed by atoms with Crippen LogP contribution in [0.3, 0.4) is 0 Å². The van der Waals surface area contributed by atoms with Gasteiger partial charge in [-0.25, -0.2) is 8.42 Å². The van der Waals surface area contributed by atoms with Crippen molar-refractivity contribution in [3.63, 3.8) is 0 Å². The van der Waals surface area contributed by atoms with Gasteiger partial charge < -0.3 is 5.73 Å². The van der Waals surface area contributed by atoms with E-state index in [0.717, 1.165) is 5.56 Å². The topological polar surface area (TPSA) is 63.4 Å². The van der Waals surface area contributed by atoms with Gasteiger partial charge in [0.25, 0.3) is 0 Å². The molecular weight excluding hydrogens is 260 g/mol. The number of nitrogens with two attached hydrogens (primary N) is 1. The van der Waals surface area contributed by atoms with E-state index in [1.54, 1.807) is 0 Å². The standard InChI is InChI=1S/C14H18N2O2S/c1-11-5-6-13(4-3-7-15)14(8-11)16-9-12(2)10-19(16,17)18/h5-6,8,12H,7,9-10,15H2,1-2H3. The van der Waals surface area contributed by atoms with Crippen LogP contribution in [0, 0.1) is 24.7 Å². The molecule has 1 aromatic carbocycles. The zero-order chi connectivity index (χ0) is 14.0. The summed E-state index contributed by atoms with van der Waals surface area (Å²) in [5.41, 5.74) is 7.78. The highest BCUT2D eigenvalue weighted by Crippen LogP contribution is 2.30. The Bertz CT molecular complexity index is 641. The fourth-order valence-electron chi connectivity index (χ4n) is 2.25. The molecule has 0 spiro atoms. The van der Waals surface area contributed by atoms with Crippen molar-refractivity contribution in [1.29, 1.82) is 0 Å². The Morgan fingerprint density at radius 1 is 1.47 bits per heavy atom. The van der Waals surface area contributed by atoms with Crippen LogP contribution >= 0.6 is 0 Å². The first-order chi connectivity index (χ1) is 8.94. The molecule has 0 amide bonds. The minimum Gasteiger partial charge on any atom is -0.320 e. The summed E-state index contributed by atoms with van der Waals surface area (Å²) in [4.78, 5) is 0. The van der Waals surface area contributed by atoms with Gasteiger partial charge in [0.2, 0.25) is 10.0 Å². The summed E-state index contributed by atoms with van der Waals surface area (Å²) in [6.07, 6.45) is 0. The number of benzene rings is 1. The third-order valence-electron chi connectivity index (χ3n) is 3.06. The van der Waals surface area contributed by atoms with Crippen molar-refractivity contribution in [3.8, 4) is 11.8 Å². The van der Waals surface area contributed by atoms with Crippen molar-refractivity contribution < 1.29 is 8.42 Å². The number of aryl methyl sites for hydroxylation is 1. The molecule has 4 nitrogen and oxygen atoms in total. The summed E-state index contributed by atoms with van der Waals surface area (Å²) < 4.78 is 25.8. The van der Waals surface area contributed by atoms with E-state index in [2.05, 4.69) is 11.8 Å². The van der Waals surface area contributed by atoms with E-state index in [9.17, 15) is 8.42 Å². The monoisotopic (exact) mass is 278 g/mol. The predicted molar refractivity (Wildman–Crippen MR) is 77.4 cm³/mol. The van der Waals surface area contributed by atoms with Gasteiger partial charge in [0, 0.05) is 12.1 Å². The number of rotatable bonds is 1. The molecule has 2 N–H and O–H groups in total. The van der Waals surface area contributed by atoms with Crippen molar-refractivity contribution in [2.75, 3.05) is 23.1 Å². The van der Waals surface area contributed by atoms with Crippen molar-refractivity contribution in [2.24, 2.45) is 11.7 Å². The van der Waals surface area contributed by atoms with Crippen LogP contribution in [0.2, 0.25) is 0 Å². The minimum absolute atomic E-state index is 0.140. The van der Waals surface area contributed by atoms with Crippen molar-refractivity contribution in [3.05, 3.63) is 29.3 Å². The number of nitrogens with zero attached hydrogens (tertiary/aromatic N) is 1. The third-order valence-corrected chi connectivity index (χ3v) is 5.06. The molecule has 1 heterocycles. The Morgan fingerprint density at radius 2 is 2.21 bits per heavy atom. The number of hydrogen-bond donors (Lipinski definition) is 1. The van der Waals surface area contributed by atoms with Gasteiger partial charge in [-0.3, -0.25) is 4.31 Å². The second-order valence-corrected chi connectivity index (χ2v) is 6.88. The van der Waals surface area contributed by atoms with Gasteiger partial charge in [0.15, 0.2) is 0 Å². The van der Waals surface area contributed by atoms with Crippen molar-refractivity contribution in [1.82, 2.24) is 0 Å². The highest BCUT2D eigenvalue weighted by atomic mass is 32.2. The second-order valence-electron chi connectivity index (χ2n) is 4.94. The molecule has 1 aliphatic rings. The minimum atomic E-state index is -3.22. The largest absolute Gasteiger partial charge is 0.320 e. The van der Waals surface area contributed by atoms with E-state index in [1.807, 2.05) is 32.0 Å². The van der Waals surface area contributed by atoms with Crippen LogP contribution in [0.5, 0.6) is 0 Å². The Morgan fingerprint density at radius 3 is 2.79 bits per heavy atom. The van der Waals surface area contributed by atoms with E-state index < -0.39 is 10.0 Å². The van der Waals surface area contributed by atoms with Gasteiger partial charge in [-0.15, -0.1) is 0 Å². The van der Waals surface area contributed by atoms with E-state index >= 15 is 0 Å². The average molecular weight is 278 g/mol. The zero-order valence-corrected chi connectivity index (χ0v) is 12.0. The maximum Gasteiger partial charge on any atom is 0.235 e. The molecule has 0 radical (unpaired) electrons. The molecule has 1 fully saturated rings. The lowest BCUT2D eigenvalue weighted by Crippen LogP contribution is -2.26. The Labute approximate surface area is 114 Å². The smallest absolute Gasteiger partial charge is 0.235 e. The fraction of sp³-hybridized carbons (Fsp3) is 0.429. The Balaban J connectivity index is 2.52. The molecule has 1 unspecified atom stereocenters. The summed E-state index contributed by atoms with van der Waals surface area (Å²) in [6, 6.07) is 5.65. The maximum absolute atomic E-state index is 12.2. The number of sulfonamides is 1.